The molecule has 1 atom stereocenters. The first-order chi connectivity index (χ1) is 12.7. The Labute approximate surface area is 151 Å². The molecule has 4 nitrogen and oxygen atoms in total. The zero-order valence-corrected chi connectivity index (χ0v) is 14.5. The van der Waals surface area contributed by atoms with Gasteiger partial charge in [0.05, 0.1) is 0 Å². The van der Waals surface area contributed by atoms with Gasteiger partial charge in [0, 0.05) is 27.5 Å². The Morgan fingerprint density at radius 3 is 2.50 bits per heavy atom. The molecule has 4 heteroatoms. The second kappa shape index (κ2) is 6.92. The van der Waals surface area contributed by atoms with Crippen LogP contribution in [0.2, 0.25) is 0 Å². The number of carbonyl (C=O) groups excluding carboxylic acids is 1. The largest absolute Gasteiger partial charge is 0.481 e. The molecule has 2 N–H and O–H groups in total. The number of rotatable bonds is 5. The second-order valence-electron chi connectivity index (χ2n) is 6.25. The van der Waals surface area contributed by atoms with E-state index in [0.717, 1.165) is 27.5 Å². The molecule has 0 aliphatic rings. The van der Waals surface area contributed by atoms with Crippen LogP contribution in [-0.2, 0) is 4.79 Å². The van der Waals surface area contributed by atoms with Crippen molar-refractivity contribution in [1.29, 1.82) is 0 Å². The molecular weight excluding hydrogens is 324 g/mol. The first-order valence-corrected chi connectivity index (χ1v) is 8.77. The van der Waals surface area contributed by atoms with Crippen molar-refractivity contribution >= 4 is 33.4 Å². The van der Waals surface area contributed by atoms with Crippen LogP contribution in [0, 0.1) is 0 Å². The summed E-state index contributed by atoms with van der Waals surface area (Å²) in [4.78, 5) is 16.0. The molecule has 0 spiro atoms. The summed E-state index contributed by atoms with van der Waals surface area (Å²) in [6, 6.07) is 23.5. The number of benzene rings is 3. The summed E-state index contributed by atoms with van der Waals surface area (Å²) < 4.78 is 5.82. The molecule has 1 heterocycles. The predicted octanol–water partition coefficient (Wildman–Crippen LogP) is 5.12. The number of carbonyl (C=O) groups is 1. The Morgan fingerprint density at radius 2 is 1.69 bits per heavy atom. The van der Waals surface area contributed by atoms with Gasteiger partial charge in [-0.3, -0.25) is 4.79 Å². The lowest BCUT2D eigenvalue weighted by atomic mass is 10.1. The number of para-hydroxylation sites is 2. The van der Waals surface area contributed by atoms with Gasteiger partial charge in [-0.05, 0) is 42.8 Å². The number of hydrogen-bond donors (Lipinski definition) is 2. The van der Waals surface area contributed by atoms with Crippen LogP contribution in [-0.4, -0.2) is 17.0 Å². The van der Waals surface area contributed by atoms with Gasteiger partial charge in [-0.15, -0.1) is 0 Å². The molecule has 0 radical (unpaired) electrons. The van der Waals surface area contributed by atoms with Crippen LogP contribution in [0.1, 0.15) is 13.3 Å². The maximum Gasteiger partial charge on any atom is 0.265 e. The molecule has 130 valence electrons. The zero-order chi connectivity index (χ0) is 17.9. The molecule has 1 amide bonds. The smallest absolute Gasteiger partial charge is 0.265 e. The minimum Gasteiger partial charge on any atom is -0.481 e. The summed E-state index contributed by atoms with van der Waals surface area (Å²) in [6.07, 6.45) is 0.0619. The van der Waals surface area contributed by atoms with E-state index in [-0.39, 0.29) is 5.91 Å². The Morgan fingerprint density at radius 1 is 0.962 bits per heavy atom. The number of amides is 1. The maximum atomic E-state index is 12.6. The number of aromatic amines is 1. The summed E-state index contributed by atoms with van der Waals surface area (Å²) in [5, 5.41) is 5.22. The third-order valence-corrected chi connectivity index (χ3v) is 4.46. The lowest BCUT2D eigenvalue weighted by molar-refractivity contribution is -0.122. The van der Waals surface area contributed by atoms with Gasteiger partial charge in [-0.25, -0.2) is 0 Å². The molecule has 26 heavy (non-hydrogen) atoms. The van der Waals surface area contributed by atoms with Crippen LogP contribution < -0.4 is 10.1 Å². The van der Waals surface area contributed by atoms with E-state index in [4.69, 9.17) is 4.74 Å². The summed E-state index contributed by atoms with van der Waals surface area (Å²) in [5.41, 5.74) is 2.91. The molecule has 3 aromatic carbocycles. The number of hydrogen-bond acceptors (Lipinski definition) is 2. The van der Waals surface area contributed by atoms with E-state index in [1.54, 1.807) is 0 Å². The van der Waals surface area contributed by atoms with Crippen LogP contribution in [0.5, 0.6) is 5.75 Å². The minimum atomic E-state index is -0.531. The summed E-state index contributed by atoms with van der Waals surface area (Å²) in [6.45, 7) is 1.94. The van der Waals surface area contributed by atoms with Crippen LogP contribution in [0.4, 0.5) is 5.69 Å². The fourth-order valence-corrected chi connectivity index (χ4v) is 3.13. The fraction of sp³-hybridized carbons (Fsp3) is 0.136. The number of fused-ring (bicyclic) bond motifs is 3. The standard InChI is InChI=1S/C22H20N2O2/c1-2-21(26-16-8-4-3-5-9-16)22(25)23-15-12-13-20-18(14-15)17-10-6-7-11-19(17)24-20/h3-14,21,24H,2H2,1H3,(H,23,25). The monoisotopic (exact) mass is 344 g/mol. The van der Waals surface area contributed by atoms with Gasteiger partial charge in [0.1, 0.15) is 5.75 Å². The molecule has 1 unspecified atom stereocenters. The Hall–Kier alpha value is -3.27. The molecule has 4 rings (SSSR count). The van der Waals surface area contributed by atoms with E-state index in [9.17, 15) is 4.79 Å². The third kappa shape index (κ3) is 3.14. The highest BCUT2D eigenvalue weighted by Crippen LogP contribution is 2.27. The third-order valence-electron chi connectivity index (χ3n) is 4.46. The Balaban J connectivity index is 1.57. The average molecular weight is 344 g/mol. The van der Waals surface area contributed by atoms with E-state index >= 15 is 0 Å². The normalized spacial score (nSPS) is 12.2. The molecular formula is C22H20N2O2. The van der Waals surface area contributed by atoms with Gasteiger partial charge in [-0.1, -0.05) is 43.3 Å². The molecule has 0 fully saturated rings. The first kappa shape index (κ1) is 16.2. The average Bonchev–Trinajstić information content (AvgIpc) is 3.05. The topological polar surface area (TPSA) is 54.1 Å². The van der Waals surface area contributed by atoms with Gasteiger partial charge in [0.15, 0.2) is 6.10 Å². The molecule has 0 aliphatic heterocycles. The number of H-pyrrole nitrogens is 1. The van der Waals surface area contributed by atoms with Crippen LogP contribution in [0.15, 0.2) is 72.8 Å². The predicted molar refractivity (Wildman–Crippen MR) is 106 cm³/mol. The van der Waals surface area contributed by atoms with Crippen molar-refractivity contribution in [2.24, 2.45) is 0 Å². The molecule has 4 aromatic rings. The van der Waals surface area contributed by atoms with E-state index in [1.165, 1.54) is 0 Å². The highest BCUT2D eigenvalue weighted by Gasteiger charge is 2.18. The molecule has 1 aromatic heterocycles. The zero-order valence-electron chi connectivity index (χ0n) is 14.5. The van der Waals surface area contributed by atoms with Gasteiger partial charge in [0.2, 0.25) is 0 Å². The van der Waals surface area contributed by atoms with E-state index in [0.29, 0.717) is 12.2 Å². The molecule has 0 aliphatic carbocycles. The Kier molecular flexibility index (Phi) is 4.32. The van der Waals surface area contributed by atoms with Crippen molar-refractivity contribution in [3.05, 3.63) is 72.8 Å². The van der Waals surface area contributed by atoms with Crippen molar-refractivity contribution in [1.82, 2.24) is 4.98 Å². The van der Waals surface area contributed by atoms with Crippen LogP contribution >= 0.6 is 0 Å². The van der Waals surface area contributed by atoms with E-state index in [2.05, 4.69) is 22.4 Å². The van der Waals surface area contributed by atoms with E-state index < -0.39 is 6.10 Å². The number of anilines is 1. The van der Waals surface area contributed by atoms with Gasteiger partial charge >= 0.3 is 0 Å². The maximum absolute atomic E-state index is 12.6. The van der Waals surface area contributed by atoms with Crippen molar-refractivity contribution in [3.8, 4) is 5.75 Å². The Bertz CT molecular complexity index is 1050. The van der Waals surface area contributed by atoms with Crippen molar-refractivity contribution < 1.29 is 9.53 Å². The van der Waals surface area contributed by atoms with Gasteiger partial charge < -0.3 is 15.0 Å². The molecule has 0 bridgehead atoms. The quantitative estimate of drug-likeness (QED) is 0.528. The number of nitrogens with one attached hydrogen (secondary N) is 2. The molecule has 0 saturated carbocycles. The lowest BCUT2D eigenvalue weighted by Gasteiger charge is -2.17. The van der Waals surface area contributed by atoms with Crippen molar-refractivity contribution in [2.75, 3.05) is 5.32 Å². The van der Waals surface area contributed by atoms with Gasteiger partial charge in [0.25, 0.3) is 5.91 Å². The summed E-state index contributed by atoms with van der Waals surface area (Å²) in [7, 11) is 0. The first-order valence-electron chi connectivity index (χ1n) is 8.77. The van der Waals surface area contributed by atoms with Crippen LogP contribution in [0.3, 0.4) is 0 Å². The van der Waals surface area contributed by atoms with Crippen molar-refractivity contribution in [2.45, 2.75) is 19.4 Å². The minimum absolute atomic E-state index is 0.143. The number of ether oxygens (including phenoxy) is 1. The second-order valence-corrected chi connectivity index (χ2v) is 6.25. The highest BCUT2D eigenvalue weighted by molar-refractivity contribution is 6.09. The fourth-order valence-electron chi connectivity index (χ4n) is 3.13. The lowest BCUT2D eigenvalue weighted by Crippen LogP contribution is -2.32. The van der Waals surface area contributed by atoms with Gasteiger partial charge in [-0.2, -0.15) is 0 Å². The molecule has 0 saturated heterocycles. The van der Waals surface area contributed by atoms with Crippen molar-refractivity contribution in [3.63, 3.8) is 0 Å². The van der Waals surface area contributed by atoms with Crippen LogP contribution in [0.25, 0.3) is 21.8 Å². The summed E-state index contributed by atoms with van der Waals surface area (Å²) >= 11 is 0. The SMILES string of the molecule is CCC(Oc1ccccc1)C(=O)Nc1ccc2[nH]c3ccccc3c2c1. The summed E-state index contributed by atoms with van der Waals surface area (Å²) in [5.74, 6) is 0.553. The highest BCUT2D eigenvalue weighted by atomic mass is 16.5. The van der Waals surface area contributed by atoms with E-state index in [1.807, 2.05) is 67.6 Å². The number of aromatic nitrogens is 1.